The third-order valence-corrected chi connectivity index (χ3v) is 6.54. The predicted molar refractivity (Wildman–Crippen MR) is 118 cm³/mol. The Morgan fingerprint density at radius 1 is 0.833 bits per heavy atom. The fourth-order valence-corrected chi connectivity index (χ4v) is 4.70. The maximum absolute atomic E-state index is 12.9. The highest BCUT2D eigenvalue weighted by atomic mass is 16.2. The quantitative estimate of drug-likeness (QED) is 0.830. The zero-order chi connectivity index (χ0) is 20.9. The van der Waals surface area contributed by atoms with Crippen LogP contribution in [-0.2, 0) is 16.1 Å². The Kier molecular flexibility index (Phi) is 6.48. The Morgan fingerprint density at radius 2 is 1.50 bits per heavy atom. The molecule has 2 aliphatic heterocycles. The summed E-state index contributed by atoms with van der Waals surface area (Å²) in [6.07, 6.45) is 3.45. The number of carbonyl (C=O) groups excluding carboxylic acids is 2. The molecule has 4 rings (SSSR count). The molecule has 5 heteroatoms. The molecule has 0 radical (unpaired) electrons. The Morgan fingerprint density at radius 3 is 2.17 bits per heavy atom. The molecule has 1 atom stereocenters. The summed E-state index contributed by atoms with van der Waals surface area (Å²) in [5.74, 6) is -0.164. The molecule has 0 saturated carbocycles. The summed E-state index contributed by atoms with van der Waals surface area (Å²) >= 11 is 0. The molecule has 158 valence electrons. The van der Waals surface area contributed by atoms with Crippen LogP contribution in [0.2, 0.25) is 0 Å². The molecule has 2 N–H and O–H groups in total. The molecule has 5 nitrogen and oxygen atoms in total. The van der Waals surface area contributed by atoms with Gasteiger partial charge in [0.15, 0.2) is 0 Å². The van der Waals surface area contributed by atoms with Crippen molar-refractivity contribution in [1.82, 2.24) is 9.80 Å². The Labute approximate surface area is 178 Å². The van der Waals surface area contributed by atoms with Gasteiger partial charge in [-0.3, -0.25) is 14.5 Å². The van der Waals surface area contributed by atoms with Gasteiger partial charge < -0.3 is 10.6 Å². The molecule has 2 aliphatic rings. The van der Waals surface area contributed by atoms with E-state index in [-0.39, 0.29) is 23.7 Å². The van der Waals surface area contributed by atoms with Gasteiger partial charge in [-0.05, 0) is 55.5 Å². The monoisotopic (exact) mass is 405 g/mol. The summed E-state index contributed by atoms with van der Waals surface area (Å²) in [6.45, 7) is 4.05. The highest BCUT2D eigenvalue weighted by Gasteiger charge is 2.32. The molecule has 0 spiro atoms. The maximum Gasteiger partial charge on any atom is 0.225 e. The lowest BCUT2D eigenvalue weighted by Gasteiger charge is -2.37. The molecule has 2 aromatic carbocycles. The second kappa shape index (κ2) is 9.43. The van der Waals surface area contributed by atoms with Crippen LogP contribution in [0.3, 0.4) is 0 Å². The average molecular weight is 406 g/mol. The lowest BCUT2D eigenvalue weighted by atomic mass is 9.92. The largest absolute Gasteiger partial charge is 0.369 e. The van der Waals surface area contributed by atoms with Crippen LogP contribution in [0.1, 0.15) is 31.2 Å². The van der Waals surface area contributed by atoms with E-state index in [0.29, 0.717) is 6.54 Å². The van der Waals surface area contributed by atoms with E-state index in [9.17, 15) is 9.59 Å². The van der Waals surface area contributed by atoms with Crippen LogP contribution in [0.4, 0.5) is 0 Å². The zero-order valence-corrected chi connectivity index (χ0v) is 17.5. The molecule has 2 fully saturated rings. The third kappa shape index (κ3) is 4.90. The first-order chi connectivity index (χ1) is 14.6. The molecular formula is C25H31N3O2. The number of carbonyl (C=O) groups is 2. The number of hydrogen-bond donors (Lipinski definition) is 1. The maximum atomic E-state index is 12.9. The van der Waals surface area contributed by atoms with Crippen molar-refractivity contribution < 1.29 is 9.59 Å². The number of piperidine rings is 2. The van der Waals surface area contributed by atoms with Gasteiger partial charge in [-0.25, -0.2) is 0 Å². The molecule has 2 saturated heterocycles. The Hall–Kier alpha value is -2.66. The van der Waals surface area contributed by atoms with Crippen molar-refractivity contribution in [2.24, 2.45) is 17.6 Å². The lowest BCUT2D eigenvalue weighted by Crippen LogP contribution is -2.48. The minimum atomic E-state index is -0.277. The van der Waals surface area contributed by atoms with Crippen LogP contribution in [0.25, 0.3) is 11.1 Å². The number of nitrogens with two attached hydrogens (primary N) is 1. The molecule has 2 heterocycles. The first-order valence-electron chi connectivity index (χ1n) is 11.0. The SMILES string of the molecule is NC(=O)C1CCCN(C(=O)C2CCN(Cc3ccc(-c4ccccc4)cc3)CC2)C1. The van der Waals surface area contributed by atoms with Crippen LogP contribution >= 0.6 is 0 Å². The van der Waals surface area contributed by atoms with E-state index in [4.69, 9.17) is 5.73 Å². The summed E-state index contributed by atoms with van der Waals surface area (Å²) in [7, 11) is 0. The molecule has 2 amide bonds. The van der Waals surface area contributed by atoms with Crippen molar-refractivity contribution in [2.45, 2.75) is 32.2 Å². The number of amides is 2. The van der Waals surface area contributed by atoms with E-state index in [0.717, 1.165) is 51.9 Å². The van der Waals surface area contributed by atoms with Crippen molar-refractivity contribution in [1.29, 1.82) is 0 Å². The number of nitrogens with zero attached hydrogens (tertiary/aromatic N) is 2. The summed E-state index contributed by atoms with van der Waals surface area (Å²) in [6, 6.07) is 19.2. The van der Waals surface area contributed by atoms with Gasteiger partial charge in [-0.15, -0.1) is 0 Å². The van der Waals surface area contributed by atoms with Gasteiger partial charge in [0.1, 0.15) is 0 Å². The standard InChI is InChI=1S/C25H31N3O2/c26-24(29)23-7-4-14-28(18-23)25(30)22-12-15-27(16-13-22)17-19-8-10-21(11-9-19)20-5-2-1-3-6-20/h1-3,5-6,8-11,22-23H,4,7,12-18H2,(H2,26,29). The van der Waals surface area contributed by atoms with Crippen LogP contribution in [0.15, 0.2) is 54.6 Å². The van der Waals surface area contributed by atoms with E-state index < -0.39 is 0 Å². The van der Waals surface area contributed by atoms with E-state index >= 15 is 0 Å². The van der Waals surface area contributed by atoms with E-state index in [1.807, 2.05) is 11.0 Å². The van der Waals surface area contributed by atoms with Gasteiger partial charge in [0.05, 0.1) is 5.92 Å². The van der Waals surface area contributed by atoms with Crippen LogP contribution in [0.5, 0.6) is 0 Å². The predicted octanol–water partition coefficient (Wildman–Crippen LogP) is 3.29. The molecule has 30 heavy (non-hydrogen) atoms. The van der Waals surface area contributed by atoms with Gasteiger partial charge >= 0.3 is 0 Å². The summed E-state index contributed by atoms with van der Waals surface area (Å²) in [5, 5.41) is 0. The minimum Gasteiger partial charge on any atom is -0.369 e. The fourth-order valence-electron chi connectivity index (χ4n) is 4.70. The molecule has 1 unspecified atom stereocenters. The summed E-state index contributed by atoms with van der Waals surface area (Å²) < 4.78 is 0. The second-order valence-electron chi connectivity index (χ2n) is 8.64. The van der Waals surface area contributed by atoms with Gasteiger partial charge in [-0.2, -0.15) is 0 Å². The Balaban J connectivity index is 1.27. The third-order valence-electron chi connectivity index (χ3n) is 6.54. The van der Waals surface area contributed by atoms with Gasteiger partial charge in [0, 0.05) is 25.6 Å². The number of likely N-dealkylation sites (tertiary alicyclic amines) is 2. The summed E-state index contributed by atoms with van der Waals surface area (Å²) in [5.41, 5.74) is 9.24. The molecule has 2 aromatic rings. The van der Waals surface area contributed by atoms with E-state index in [1.54, 1.807) is 0 Å². The number of rotatable bonds is 5. The molecule has 0 aliphatic carbocycles. The van der Waals surface area contributed by atoms with Gasteiger partial charge in [0.2, 0.25) is 11.8 Å². The van der Waals surface area contributed by atoms with Crippen molar-refractivity contribution in [3.05, 3.63) is 60.2 Å². The lowest BCUT2D eigenvalue weighted by molar-refractivity contribution is -0.140. The topological polar surface area (TPSA) is 66.6 Å². The molecule has 0 bridgehead atoms. The minimum absolute atomic E-state index is 0.0772. The highest BCUT2D eigenvalue weighted by Crippen LogP contribution is 2.25. The first kappa shape index (κ1) is 20.6. The van der Waals surface area contributed by atoms with Gasteiger partial charge in [-0.1, -0.05) is 54.6 Å². The molecule has 0 aromatic heterocycles. The highest BCUT2D eigenvalue weighted by molar-refractivity contribution is 5.81. The smallest absolute Gasteiger partial charge is 0.225 e. The number of benzene rings is 2. The average Bonchev–Trinajstić information content (AvgIpc) is 2.80. The zero-order valence-electron chi connectivity index (χ0n) is 17.5. The first-order valence-corrected chi connectivity index (χ1v) is 11.0. The Bertz CT molecular complexity index is 858. The fraction of sp³-hybridized carbons (Fsp3) is 0.440. The summed E-state index contributed by atoms with van der Waals surface area (Å²) in [4.78, 5) is 28.7. The van der Waals surface area contributed by atoms with Crippen LogP contribution in [-0.4, -0.2) is 47.8 Å². The van der Waals surface area contributed by atoms with Crippen LogP contribution < -0.4 is 5.73 Å². The van der Waals surface area contributed by atoms with Crippen molar-refractivity contribution in [2.75, 3.05) is 26.2 Å². The molecular weight excluding hydrogens is 374 g/mol. The number of hydrogen-bond acceptors (Lipinski definition) is 3. The van der Waals surface area contributed by atoms with Crippen molar-refractivity contribution >= 4 is 11.8 Å². The van der Waals surface area contributed by atoms with Crippen molar-refractivity contribution in [3.63, 3.8) is 0 Å². The van der Waals surface area contributed by atoms with E-state index in [2.05, 4.69) is 53.4 Å². The van der Waals surface area contributed by atoms with Gasteiger partial charge in [0.25, 0.3) is 0 Å². The van der Waals surface area contributed by atoms with Crippen LogP contribution in [0, 0.1) is 11.8 Å². The van der Waals surface area contributed by atoms with Crippen molar-refractivity contribution in [3.8, 4) is 11.1 Å². The number of primary amides is 1. The van der Waals surface area contributed by atoms with E-state index in [1.165, 1.54) is 16.7 Å². The normalized spacial score (nSPS) is 20.8. The second-order valence-corrected chi connectivity index (χ2v) is 8.64.